The summed E-state index contributed by atoms with van der Waals surface area (Å²) in [6, 6.07) is 0. The molecule has 0 aliphatic carbocycles. The van der Waals surface area contributed by atoms with E-state index in [4.69, 9.17) is 0 Å². The number of aliphatic imine (C=N–C) groups is 1. The fourth-order valence-electron chi connectivity index (χ4n) is 1.78. The molecule has 0 radical (unpaired) electrons. The van der Waals surface area contributed by atoms with E-state index in [0.29, 0.717) is 13.0 Å². The first-order valence-corrected chi connectivity index (χ1v) is 7.44. The molecule has 0 heterocycles. The van der Waals surface area contributed by atoms with Crippen LogP contribution in [0.3, 0.4) is 0 Å². The minimum Gasteiger partial charge on any atom is -0.462 e. The number of carbonyl (C=O) groups is 2. The Labute approximate surface area is 116 Å². The van der Waals surface area contributed by atoms with E-state index in [2.05, 4.69) is 16.7 Å². The van der Waals surface area contributed by atoms with Gasteiger partial charge in [-0.15, -0.1) is 0 Å². The SMILES string of the molecule is CCCCCCCCCCC(=O)N=CC(=O)OCC. The lowest BCUT2D eigenvalue weighted by molar-refractivity contribution is -0.134. The second-order valence-electron chi connectivity index (χ2n) is 4.63. The van der Waals surface area contributed by atoms with Crippen molar-refractivity contribution in [3.05, 3.63) is 0 Å². The van der Waals surface area contributed by atoms with Gasteiger partial charge in [0.1, 0.15) is 6.21 Å². The Bertz CT molecular complexity index is 275. The van der Waals surface area contributed by atoms with Gasteiger partial charge in [-0.2, -0.15) is 0 Å². The first-order valence-electron chi connectivity index (χ1n) is 7.44. The second-order valence-corrected chi connectivity index (χ2v) is 4.63. The first-order chi connectivity index (χ1) is 9.20. The number of unbranched alkanes of at least 4 members (excludes halogenated alkanes) is 7. The summed E-state index contributed by atoms with van der Waals surface area (Å²) >= 11 is 0. The predicted molar refractivity (Wildman–Crippen MR) is 77.4 cm³/mol. The minimum absolute atomic E-state index is 0.237. The molecule has 0 unspecified atom stereocenters. The van der Waals surface area contributed by atoms with E-state index in [0.717, 1.165) is 19.1 Å². The zero-order valence-electron chi connectivity index (χ0n) is 12.3. The van der Waals surface area contributed by atoms with Crippen LogP contribution in [0.25, 0.3) is 0 Å². The van der Waals surface area contributed by atoms with Gasteiger partial charge in [-0.3, -0.25) is 4.79 Å². The van der Waals surface area contributed by atoms with Crippen LogP contribution in [-0.4, -0.2) is 24.7 Å². The Kier molecular flexibility index (Phi) is 12.4. The fourth-order valence-corrected chi connectivity index (χ4v) is 1.78. The highest BCUT2D eigenvalue weighted by Gasteiger charge is 2.01. The average molecular weight is 269 g/mol. The lowest BCUT2D eigenvalue weighted by Gasteiger charge is -2.00. The van der Waals surface area contributed by atoms with Gasteiger partial charge in [0.25, 0.3) is 0 Å². The molecule has 0 bridgehead atoms. The van der Waals surface area contributed by atoms with Crippen LogP contribution in [0, 0.1) is 0 Å². The van der Waals surface area contributed by atoms with Crippen molar-refractivity contribution in [2.24, 2.45) is 4.99 Å². The van der Waals surface area contributed by atoms with Crippen LogP contribution < -0.4 is 0 Å². The molecule has 4 nitrogen and oxygen atoms in total. The third-order valence-electron chi connectivity index (χ3n) is 2.84. The van der Waals surface area contributed by atoms with Gasteiger partial charge >= 0.3 is 5.97 Å². The Hall–Kier alpha value is -1.19. The molecule has 0 saturated carbocycles. The molecule has 0 aliphatic heterocycles. The zero-order valence-corrected chi connectivity index (χ0v) is 12.3. The Morgan fingerprint density at radius 3 is 2.11 bits per heavy atom. The number of rotatable bonds is 11. The molecule has 0 spiro atoms. The third kappa shape index (κ3) is 13.0. The standard InChI is InChI=1S/C15H27NO3/c1-3-5-6-7-8-9-10-11-12-14(17)16-13-15(18)19-4-2/h13H,3-12H2,1-2H3. The topological polar surface area (TPSA) is 55.7 Å². The largest absolute Gasteiger partial charge is 0.462 e. The van der Waals surface area contributed by atoms with Gasteiger partial charge in [-0.1, -0.05) is 51.9 Å². The van der Waals surface area contributed by atoms with Gasteiger partial charge in [0.05, 0.1) is 6.61 Å². The van der Waals surface area contributed by atoms with E-state index >= 15 is 0 Å². The smallest absolute Gasteiger partial charge is 0.349 e. The van der Waals surface area contributed by atoms with Crippen LogP contribution in [0.2, 0.25) is 0 Å². The fraction of sp³-hybridized carbons (Fsp3) is 0.800. The number of hydrogen-bond donors (Lipinski definition) is 0. The minimum atomic E-state index is -0.549. The molecule has 0 aromatic rings. The van der Waals surface area contributed by atoms with Crippen LogP contribution in [0.5, 0.6) is 0 Å². The second kappa shape index (κ2) is 13.2. The molecule has 0 fully saturated rings. The van der Waals surface area contributed by atoms with Crippen LogP contribution in [-0.2, 0) is 14.3 Å². The summed E-state index contributed by atoms with van der Waals surface area (Å²) in [5, 5.41) is 0. The zero-order chi connectivity index (χ0) is 14.3. The highest BCUT2D eigenvalue weighted by atomic mass is 16.5. The molecule has 0 atom stereocenters. The molecule has 0 aromatic heterocycles. The molecule has 1 amide bonds. The summed E-state index contributed by atoms with van der Waals surface area (Å²) in [6.45, 7) is 4.23. The number of carbonyl (C=O) groups excluding carboxylic acids is 2. The van der Waals surface area contributed by atoms with Crippen molar-refractivity contribution < 1.29 is 14.3 Å². The van der Waals surface area contributed by atoms with E-state index in [9.17, 15) is 9.59 Å². The predicted octanol–water partition coefficient (Wildman–Crippen LogP) is 3.68. The number of ether oxygens (including phenoxy) is 1. The molecule has 0 saturated heterocycles. The van der Waals surface area contributed by atoms with Crippen LogP contribution in [0.4, 0.5) is 0 Å². The lowest BCUT2D eigenvalue weighted by atomic mass is 10.1. The van der Waals surface area contributed by atoms with Gasteiger partial charge in [0.15, 0.2) is 0 Å². The highest BCUT2D eigenvalue weighted by Crippen LogP contribution is 2.09. The summed E-state index contributed by atoms with van der Waals surface area (Å²) in [4.78, 5) is 25.8. The van der Waals surface area contributed by atoms with Crippen LogP contribution in [0.15, 0.2) is 4.99 Å². The quantitative estimate of drug-likeness (QED) is 0.326. The van der Waals surface area contributed by atoms with E-state index in [1.165, 1.54) is 38.5 Å². The molecule has 4 heteroatoms. The van der Waals surface area contributed by atoms with Crippen LogP contribution >= 0.6 is 0 Å². The van der Waals surface area contributed by atoms with Gasteiger partial charge in [-0.25, -0.2) is 9.79 Å². The average Bonchev–Trinajstić information content (AvgIpc) is 2.40. The Morgan fingerprint density at radius 2 is 1.53 bits per heavy atom. The van der Waals surface area contributed by atoms with E-state index in [1.807, 2.05) is 0 Å². The van der Waals surface area contributed by atoms with E-state index in [-0.39, 0.29) is 5.91 Å². The van der Waals surface area contributed by atoms with E-state index < -0.39 is 5.97 Å². The third-order valence-corrected chi connectivity index (χ3v) is 2.84. The summed E-state index contributed by atoms with van der Waals surface area (Å²) < 4.78 is 4.64. The first kappa shape index (κ1) is 17.8. The maximum atomic E-state index is 11.3. The summed E-state index contributed by atoms with van der Waals surface area (Å²) in [5.74, 6) is -0.786. The molecular formula is C15H27NO3. The summed E-state index contributed by atoms with van der Waals surface area (Å²) in [5.41, 5.74) is 0. The summed E-state index contributed by atoms with van der Waals surface area (Å²) in [6.07, 6.45) is 10.9. The Balaban J connectivity index is 3.41. The number of amides is 1. The van der Waals surface area contributed by atoms with Crippen molar-refractivity contribution in [3.63, 3.8) is 0 Å². The van der Waals surface area contributed by atoms with Crippen molar-refractivity contribution in [2.45, 2.75) is 71.6 Å². The molecule has 0 aliphatic rings. The summed E-state index contributed by atoms with van der Waals surface area (Å²) in [7, 11) is 0. The molecule has 110 valence electrons. The number of nitrogens with zero attached hydrogens (tertiary/aromatic N) is 1. The Morgan fingerprint density at radius 1 is 0.947 bits per heavy atom. The van der Waals surface area contributed by atoms with Crippen molar-refractivity contribution in [1.29, 1.82) is 0 Å². The maximum Gasteiger partial charge on any atom is 0.349 e. The monoisotopic (exact) mass is 269 g/mol. The van der Waals surface area contributed by atoms with E-state index in [1.54, 1.807) is 6.92 Å². The number of hydrogen-bond acceptors (Lipinski definition) is 3. The van der Waals surface area contributed by atoms with Gasteiger partial charge in [0.2, 0.25) is 5.91 Å². The van der Waals surface area contributed by atoms with Crippen molar-refractivity contribution in [2.75, 3.05) is 6.61 Å². The molecule has 19 heavy (non-hydrogen) atoms. The normalized spacial score (nSPS) is 10.8. The van der Waals surface area contributed by atoms with Gasteiger partial charge < -0.3 is 4.74 Å². The van der Waals surface area contributed by atoms with Crippen molar-refractivity contribution >= 4 is 18.1 Å². The molecule has 0 N–H and O–H groups in total. The number of esters is 1. The van der Waals surface area contributed by atoms with Crippen molar-refractivity contribution in [1.82, 2.24) is 0 Å². The molecular weight excluding hydrogens is 242 g/mol. The molecule has 0 rings (SSSR count). The molecule has 0 aromatic carbocycles. The highest BCUT2D eigenvalue weighted by molar-refractivity contribution is 6.25. The maximum absolute atomic E-state index is 11.3. The van der Waals surface area contributed by atoms with Crippen molar-refractivity contribution in [3.8, 4) is 0 Å². The van der Waals surface area contributed by atoms with Gasteiger partial charge in [-0.05, 0) is 13.3 Å². The van der Waals surface area contributed by atoms with Gasteiger partial charge in [0, 0.05) is 6.42 Å². The van der Waals surface area contributed by atoms with Crippen LogP contribution in [0.1, 0.15) is 71.6 Å². The lowest BCUT2D eigenvalue weighted by Crippen LogP contribution is -2.06.